The number of ether oxygens (including phenoxy) is 1. The Hall–Kier alpha value is -3.55. The van der Waals surface area contributed by atoms with Gasteiger partial charge in [-0.1, -0.05) is 35.1 Å². The number of halogens is 1. The molecule has 2 aromatic carbocycles. The van der Waals surface area contributed by atoms with Crippen molar-refractivity contribution in [2.24, 2.45) is 0 Å². The Labute approximate surface area is 193 Å². The van der Waals surface area contributed by atoms with Crippen LogP contribution in [0.3, 0.4) is 0 Å². The zero-order valence-corrected chi connectivity index (χ0v) is 18.6. The topological polar surface area (TPSA) is 69.9 Å². The highest BCUT2D eigenvalue weighted by Crippen LogP contribution is 2.30. The molecule has 0 fully saturated rings. The molecule has 0 atom stereocenters. The molecule has 0 saturated carbocycles. The second kappa shape index (κ2) is 8.53. The van der Waals surface area contributed by atoms with Gasteiger partial charge in [0.25, 0.3) is 0 Å². The summed E-state index contributed by atoms with van der Waals surface area (Å²) in [4.78, 5) is 17.5. The van der Waals surface area contributed by atoms with Crippen molar-refractivity contribution in [2.45, 2.75) is 6.54 Å². The number of ketones is 1. The summed E-state index contributed by atoms with van der Waals surface area (Å²) >= 11 is 7.28. The molecule has 0 radical (unpaired) electrons. The Kier molecular flexibility index (Phi) is 5.43. The summed E-state index contributed by atoms with van der Waals surface area (Å²) in [6, 6.07) is 17.1. The van der Waals surface area contributed by atoms with Crippen LogP contribution in [-0.2, 0) is 6.54 Å². The van der Waals surface area contributed by atoms with E-state index in [4.69, 9.17) is 16.3 Å². The molecule has 6 nitrogen and oxygen atoms in total. The summed E-state index contributed by atoms with van der Waals surface area (Å²) in [5.41, 5.74) is 3.40. The molecule has 5 rings (SSSR count). The third-order valence-corrected chi connectivity index (χ3v) is 6.35. The first-order valence-corrected chi connectivity index (χ1v) is 11.0. The molecule has 0 bridgehead atoms. The van der Waals surface area contributed by atoms with E-state index in [1.54, 1.807) is 19.5 Å². The second-order valence-electron chi connectivity index (χ2n) is 7.16. The molecular formula is C24H17ClN4O2S. The van der Waals surface area contributed by atoms with Crippen LogP contribution in [0.2, 0.25) is 5.02 Å². The van der Waals surface area contributed by atoms with Gasteiger partial charge >= 0.3 is 0 Å². The minimum absolute atomic E-state index is 0.175. The summed E-state index contributed by atoms with van der Waals surface area (Å²) < 4.78 is 7.45. The molecule has 0 aliphatic carbocycles. The summed E-state index contributed by atoms with van der Waals surface area (Å²) in [6.45, 7) is 0.602. The van der Waals surface area contributed by atoms with Gasteiger partial charge in [0.05, 0.1) is 12.7 Å². The number of methoxy groups -OCH3 is 1. The van der Waals surface area contributed by atoms with Crippen molar-refractivity contribution in [3.8, 4) is 16.3 Å². The number of nitrogens with zero attached hydrogens (tertiary/aromatic N) is 4. The fourth-order valence-electron chi connectivity index (χ4n) is 3.54. The smallest absolute Gasteiger partial charge is 0.225 e. The number of carbonyl (C=O) groups excluding carboxylic acids is 1. The first-order chi connectivity index (χ1) is 15.6. The Morgan fingerprint density at radius 1 is 1.12 bits per heavy atom. The van der Waals surface area contributed by atoms with Crippen molar-refractivity contribution in [3.05, 3.63) is 94.3 Å². The minimum Gasteiger partial charge on any atom is -0.497 e. The molecule has 0 N–H and O–H groups in total. The van der Waals surface area contributed by atoms with Gasteiger partial charge in [-0.15, -0.1) is 10.2 Å². The number of aromatic nitrogens is 4. The number of hydrogen-bond acceptors (Lipinski definition) is 6. The van der Waals surface area contributed by atoms with Gasteiger partial charge in [-0.25, -0.2) is 0 Å². The van der Waals surface area contributed by atoms with E-state index in [-0.39, 0.29) is 5.78 Å². The van der Waals surface area contributed by atoms with Crippen molar-refractivity contribution >= 4 is 39.6 Å². The maximum absolute atomic E-state index is 13.4. The van der Waals surface area contributed by atoms with Gasteiger partial charge in [-0.05, 0) is 48.0 Å². The standard InChI is InChI=1S/C24H17ClN4O2S/c1-31-18-8-9-21-19(11-18)20(14-29(21)13-15-4-6-17(25)7-5-15)22(30)24-28-27-23(32-24)16-3-2-10-26-12-16/h2-12,14H,13H2,1H3. The molecule has 0 spiro atoms. The molecule has 0 amide bonds. The van der Waals surface area contributed by atoms with Gasteiger partial charge in [0.2, 0.25) is 5.78 Å². The molecule has 3 heterocycles. The maximum atomic E-state index is 13.4. The highest BCUT2D eigenvalue weighted by atomic mass is 35.5. The highest BCUT2D eigenvalue weighted by molar-refractivity contribution is 7.16. The van der Waals surface area contributed by atoms with Crippen LogP contribution in [0, 0.1) is 0 Å². The van der Waals surface area contributed by atoms with Gasteiger partial charge in [-0.2, -0.15) is 0 Å². The fourth-order valence-corrected chi connectivity index (χ4v) is 4.45. The molecule has 0 unspecified atom stereocenters. The van der Waals surface area contributed by atoms with Crippen LogP contribution in [0.5, 0.6) is 5.75 Å². The predicted molar refractivity (Wildman–Crippen MR) is 126 cm³/mol. The van der Waals surface area contributed by atoms with Gasteiger partial charge < -0.3 is 9.30 Å². The molecule has 158 valence electrons. The lowest BCUT2D eigenvalue weighted by Gasteiger charge is -2.06. The first-order valence-electron chi connectivity index (χ1n) is 9.82. The van der Waals surface area contributed by atoms with E-state index in [0.717, 1.165) is 22.0 Å². The largest absolute Gasteiger partial charge is 0.497 e. The Bertz CT molecular complexity index is 1410. The SMILES string of the molecule is COc1ccc2c(c1)c(C(=O)c1nnc(-c3cccnc3)s1)cn2Cc1ccc(Cl)cc1. The Balaban J connectivity index is 1.56. The summed E-state index contributed by atoms with van der Waals surface area (Å²) in [5.74, 6) is 0.509. The van der Waals surface area contributed by atoms with Crippen LogP contribution in [0.4, 0.5) is 0 Å². The second-order valence-corrected chi connectivity index (χ2v) is 8.58. The van der Waals surface area contributed by atoms with E-state index in [1.807, 2.05) is 65.4 Å². The van der Waals surface area contributed by atoms with E-state index < -0.39 is 0 Å². The van der Waals surface area contributed by atoms with Crippen LogP contribution < -0.4 is 4.74 Å². The van der Waals surface area contributed by atoms with Crippen molar-refractivity contribution in [1.29, 1.82) is 0 Å². The number of benzene rings is 2. The normalized spacial score (nSPS) is 11.1. The monoisotopic (exact) mass is 460 g/mol. The van der Waals surface area contributed by atoms with Crippen LogP contribution >= 0.6 is 22.9 Å². The quantitative estimate of drug-likeness (QED) is 0.313. The Morgan fingerprint density at radius 2 is 1.97 bits per heavy atom. The van der Waals surface area contributed by atoms with Crippen molar-refractivity contribution in [3.63, 3.8) is 0 Å². The molecule has 8 heteroatoms. The van der Waals surface area contributed by atoms with Crippen LogP contribution in [0.25, 0.3) is 21.5 Å². The van der Waals surface area contributed by atoms with Gasteiger partial charge in [-0.3, -0.25) is 9.78 Å². The zero-order chi connectivity index (χ0) is 22.1. The van der Waals surface area contributed by atoms with Crippen LogP contribution in [0.1, 0.15) is 20.9 Å². The van der Waals surface area contributed by atoms with Crippen molar-refractivity contribution < 1.29 is 9.53 Å². The predicted octanol–water partition coefficient (Wildman–Crippen LogP) is 5.50. The van der Waals surface area contributed by atoms with E-state index in [9.17, 15) is 4.79 Å². The lowest BCUT2D eigenvalue weighted by atomic mass is 10.1. The summed E-state index contributed by atoms with van der Waals surface area (Å²) in [5, 5.41) is 10.8. The summed E-state index contributed by atoms with van der Waals surface area (Å²) in [7, 11) is 1.61. The number of pyridine rings is 1. The molecule has 0 saturated heterocycles. The van der Waals surface area contributed by atoms with E-state index in [0.29, 0.717) is 32.9 Å². The zero-order valence-electron chi connectivity index (χ0n) is 17.0. The molecule has 32 heavy (non-hydrogen) atoms. The van der Waals surface area contributed by atoms with E-state index >= 15 is 0 Å². The molecule has 0 aliphatic heterocycles. The average molecular weight is 461 g/mol. The third kappa shape index (κ3) is 3.88. The van der Waals surface area contributed by atoms with Gasteiger partial charge in [0.1, 0.15) is 10.8 Å². The summed E-state index contributed by atoms with van der Waals surface area (Å²) in [6.07, 6.45) is 5.27. The van der Waals surface area contributed by atoms with Crippen LogP contribution in [-0.4, -0.2) is 32.6 Å². The third-order valence-electron chi connectivity index (χ3n) is 5.13. The van der Waals surface area contributed by atoms with E-state index in [1.165, 1.54) is 11.3 Å². The first kappa shape index (κ1) is 20.4. The lowest BCUT2D eigenvalue weighted by molar-refractivity contribution is 0.103. The fraction of sp³-hybridized carbons (Fsp3) is 0.0833. The highest BCUT2D eigenvalue weighted by Gasteiger charge is 2.21. The maximum Gasteiger partial charge on any atom is 0.225 e. The lowest BCUT2D eigenvalue weighted by Crippen LogP contribution is -2.01. The molecule has 5 aromatic rings. The average Bonchev–Trinajstić information content (AvgIpc) is 3.46. The number of hydrogen-bond donors (Lipinski definition) is 0. The van der Waals surface area contributed by atoms with Crippen molar-refractivity contribution in [2.75, 3.05) is 7.11 Å². The van der Waals surface area contributed by atoms with Crippen molar-refractivity contribution in [1.82, 2.24) is 19.7 Å². The minimum atomic E-state index is -0.175. The number of fused-ring (bicyclic) bond motifs is 1. The van der Waals surface area contributed by atoms with E-state index in [2.05, 4.69) is 15.2 Å². The van der Waals surface area contributed by atoms with Gasteiger partial charge in [0.15, 0.2) is 5.01 Å². The molecule has 0 aliphatic rings. The Morgan fingerprint density at radius 3 is 2.72 bits per heavy atom. The van der Waals surface area contributed by atoms with Crippen LogP contribution in [0.15, 0.2) is 73.2 Å². The number of rotatable bonds is 6. The number of carbonyl (C=O) groups is 1. The molecular weight excluding hydrogens is 444 g/mol. The molecule has 3 aromatic heterocycles. The van der Waals surface area contributed by atoms with Gasteiger partial charge in [0, 0.05) is 46.6 Å².